The second-order valence-corrected chi connectivity index (χ2v) is 7.64. The number of pyridine rings is 2. The van der Waals surface area contributed by atoms with Gasteiger partial charge < -0.3 is 14.7 Å². The van der Waals surface area contributed by atoms with Crippen LogP contribution in [-0.2, 0) is 6.54 Å². The SMILES string of the molecule is COc1cccc(F)c1-c1nccc2c1CN(c1cccc(N3CC[C@H](O)C3)n1)C2=O. The smallest absolute Gasteiger partial charge is 0.260 e. The van der Waals surface area contributed by atoms with Crippen molar-refractivity contribution in [2.45, 2.75) is 19.1 Å². The summed E-state index contributed by atoms with van der Waals surface area (Å²) in [6.07, 6.45) is 1.84. The van der Waals surface area contributed by atoms with E-state index < -0.39 is 5.82 Å². The molecule has 7 nitrogen and oxygen atoms in total. The van der Waals surface area contributed by atoms with Crippen molar-refractivity contribution in [1.82, 2.24) is 9.97 Å². The van der Waals surface area contributed by atoms with Crippen LogP contribution in [0.15, 0.2) is 48.7 Å². The Morgan fingerprint density at radius 2 is 1.97 bits per heavy atom. The van der Waals surface area contributed by atoms with Gasteiger partial charge in [0.25, 0.3) is 5.91 Å². The van der Waals surface area contributed by atoms with Crippen molar-refractivity contribution >= 4 is 17.5 Å². The number of aromatic nitrogens is 2. The average Bonchev–Trinajstić information content (AvgIpc) is 3.37. The van der Waals surface area contributed by atoms with E-state index in [4.69, 9.17) is 4.74 Å². The number of hydrogen-bond acceptors (Lipinski definition) is 6. The number of amides is 1. The van der Waals surface area contributed by atoms with Crippen molar-refractivity contribution in [3.8, 4) is 17.0 Å². The summed E-state index contributed by atoms with van der Waals surface area (Å²) in [5.41, 5.74) is 1.74. The highest BCUT2D eigenvalue weighted by Crippen LogP contribution is 2.38. The van der Waals surface area contributed by atoms with E-state index in [1.54, 1.807) is 29.2 Å². The van der Waals surface area contributed by atoms with Crippen LogP contribution in [0.2, 0.25) is 0 Å². The number of rotatable bonds is 4. The van der Waals surface area contributed by atoms with Crippen molar-refractivity contribution in [3.63, 3.8) is 0 Å². The van der Waals surface area contributed by atoms with Gasteiger partial charge >= 0.3 is 0 Å². The Labute approximate surface area is 178 Å². The minimum absolute atomic E-state index is 0.208. The Hall–Kier alpha value is -3.52. The Morgan fingerprint density at radius 1 is 1.16 bits per heavy atom. The molecule has 1 saturated heterocycles. The number of fused-ring (bicyclic) bond motifs is 1. The lowest BCUT2D eigenvalue weighted by molar-refractivity contribution is 0.0996. The van der Waals surface area contributed by atoms with Gasteiger partial charge in [-0.25, -0.2) is 9.37 Å². The van der Waals surface area contributed by atoms with Crippen LogP contribution in [0.25, 0.3) is 11.3 Å². The lowest BCUT2D eigenvalue weighted by Crippen LogP contribution is -2.26. The lowest BCUT2D eigenvalue weighted by atomic mass is 10.0. The van der Waals surface area contributed by atoms with Gasteiger partial charge in [0.05, 0.1) is 31.0 Å². The van der Waals surface area contributed by atoms with Crippen LogP contribution >= 0.6 is 0 Å². The van der Waals surface area contributed by atoms with Crippen molar-refractivity contribution in [3.05, 3.63) is 65.6 Å². The lowest BCUT2D eigenvalue weighted by Gasteiger charge is -2.20. The van der Waals surface area contributed by atoms with Gasteiger partial charge in [-0.1, -0.05) is 12.1 Å². The molecule has 5 rings (SSSR count). The first kappa shape index (κ1) is 19.4. The third kappa shape index (κ3) is 3.29. The minimum atomic E-state index is -0.459. The molecule has 0 unspecified atom stereocenters. The van der Waals surface area contributed by atoms with E-state index in [1.165, 1.54) is 19.4 Å². The summed E-state index contributed by atoms with van der Waals surface area (Å²) in [5.74, 6) is 0.914. The number of aliphatic hydroxyl groups is 1. The standard InChI is InChI=1S/C23H21FN4O3/c1-31-18-5-2-4-17(24)21(18)22-16-13-28(23(30)15(16)8-10-25-22)20-7-3-6-19(26-20)27-11-9-14(29)12-27/h2-8,10,14,29H,9,11-13H2,1H3/t14-/m0/s1. The largest absolute Gasteiger partial charge is 0.496 e. The summed E-state index contributed by atoms with van der Waals surface area (Å²) in [5, 5.41) is 9.82. The van der Waals surface area contributed by atoms with Gasteiger partial charge in [-0.15, -0.1) is 0 Å². The molecule has 2 aliphatic rings. The van der Waals surface area contributed by atoms with Crippen LogP contribution in [0.4, 0.5) is 16.0 Å². The fourth-order valence-corrected chi connectivity index (χ4v) is 4.22. The molecule has 0 saturated carbocycles. The number of nitrogens with zero attached hydrogens (tertiary/aromatic N) is 4. The number of carbonyl (C=O) groups is 1. The van der Waals surface area contributed by atoms with Gasteiger partial charge in [0.15, 0.2) is 0 Å². The molecule has 2 aromatic heterocycles. The summed E-state index contributed by atoms with van der Waals surface area (Å²) in [7, 11) is 1.48. The zero-order chi connectivity index (χ0) is 21.5. The maximum atomic E-state index is 14.7. The van der Waals surface area contributed by atoms with Gasteiger partial charge in [0.2, 0.25) is 0 Å². The number of ether oxygens (including phenoxy) is 1. The van der Waals surface area contributed by atoms with Gasteiger partial charge in [0.1, 0.15) is 23.2 Å². The molecular formula is C23H21FN4O3. The average molecular weight is 420 g/mol. The molecule has 8 heteroatoms. The first-order chi connectivity index (χ1) is 15.1. The Kier molecular flexibility index (Phi) is 4.78. The number of hydrogen-bond donors (Lipinski definition) is 1. The van der Waals surface area contributed by atoms with Crippen LogP contribution in [0.3, 0.4) is 0 Å². The third-order valence-electron chi connectivity index (χ3n) is 5.76. The highest BCUT2D eigenvalue weighted by Gasteiger charge is 2.34. The van der Waals surface area contributed by atoms with Crippen LogP contribution in [-0.4, -0.2) is 47.3 Å². The summed E-state index contributed by atoms with van der Waals surface area (Å²) < 4.78 is 20.1. The molecule has 1 atom stereocenters. The van der Waals surface area contributed by atoms with E-state index in [2.05, 4.69) is 9.97 Å². The fraction of sp³-hybridized carbons (Fsp3) is 0.261. The van der Waals surface area contributed by atoms with Gasteiger partial charge in [-0.05, 0) is 36.8 Å². The van der Waals surface area contributed by atoms with Crippen molar-refractivity contribution in [1.29, 1.82) is 0 Å². The molecule has 0 spiro atoms. The predicted octanol–water partition coefficient (Wildman–Crippen LogP) is 3.02. The molecular weight excluding hydrogens is 399 g/mol. The van der Waals surface area contributed by atoms with Crippen LogP contribution in [0.1, 0.15) is 22.3 Å². The zero-order valence-electron chi connectivity index (χ0n) is 17.0. The summed E-state index contributed by atoms with van der Waals surface area (Å²) >= 11 is 0. The molecule has 31 heavy (non-hydrogen) atoms. The molecule has 1 amide bonds. The third-order valence-corrected chi connectivity index (χ3v) is 5.76. The number of anilines is 2. The number of benzene rings is 1. The van der Waals surface area contributed by atoms with Crippen molar-refractivity contribution < 1.29 is 19.0 Å². The van der Waals surface area contributed by atoms with E-state index in [9.17, 15) is 14.3 Å². The van der Waals surface area contributed by atoms with E-state index in [-0.39, 0.29) is 24.1 Å². The van der Waals surface area contributed by atoms with E-state index in [0.717, 1.165) is 0 Å². The van der Waals surface area contributed by atoms with Crippen LogP contribution in [0.5, 0.6) is 5.75 Å². The van der Waals surface area contributed by atoms with Crippen LogP contribution in [0, 0.1) is 5.82 Å². The topological polar surface area (TPSA) is 78.8 Å². The normalized spacial score (nSPS) is 17.9. The van der Waals surface area contributed by atoms with Gasteiger partial charge in [-0.3, -0.25) is 14.7 Å². The second-order valence-electron chi connectivity index (χ2n) is 7.64. The van der Waals surface area contributed by atoms with Crippen molar-refractivity contribution in [2.75, 3.05) is 30.0 Å². The molecule has 0 aliphatic carbocycles. The first-order valence-corrected chi connectivity index (χ1v) is 10.1. The highest BCUT2D eigenvalue weighted by atomic mass is 19.1. The van der Waals surface area contributed by atoms with Crippen molar-refractivity contribution in [2.24, 2.45) is 0 Å². The monoisotopic (exact) mass is 420 g/mol. The molecule has 1 N–H and O–H groups in total. The Morgan fingerprint density at radius 3 is 2.74 bits per heavy atom. The van der Waals surface area contributed by atoms with E-state index in [0.29, 0.717) is 53.7 Å². The molecule has 0 radical (unpaired) electrons. The Bertz CT molecular complexity index is 1170. The maximum Gasteiger partial charge on any atom is 0.260 e. The second kappa shape index (κ2) is 7.63. The minimum Gasteiger partial charge on any atom is -0.496 e. The number of carbonyl (C=O) groups excluding carboxylic acids is 1. The van der Waals surface area contributed by atoms with Gasteiger partial charge in [0, 0.05) is 30.4 Å². The number of halogens is 1. The summed E-state index contributed by atoms with van der Waals surface area (Å²) in [6, 6.07) is 11.7. The molecule has 0 bridgehead atoms. The quantitative estimate of drug-likeness (QED) is 0.699. The molecule has 3 aromatic rings. The van der Waals surface area contributed by atoms with E-state index >= 15 is 0 Å². The number of methoxy groups -OCH3 is 1. The zero-order valence-corrected chi connectivity index (χ0v) is 17.0. The molecule has 1 fully saturated rings. The maximum absolute atomic E-state index is 14.7. The molecule has 2 aliphatic heterocycles. The molecule has 158 valence electrons. The fourth-order valence-electron chi connectivity index (χ4n) is 4.22. The summed E-state index contributed by atoms with van der Waals surface area (Å²) in [6.45, 7) is 1.46. The van der Waals surface area contributed by atoms with Gasteiger partial charge in [-0.2, -0.15) is 0 Å². The first-order valence-electron chi connectivity index (χ1n) is 10.1. The highest BCUT2D eigenvalue weighted by molar-refractivity contribution is 6.10. The number of aliphatic hydroxyl groups excluding tert-OH is 1. The molecule has 4 heterocycles. The molecule has 1 aromatic carbocycles. The van der Waals surface area contributed by atoms with E-state index in [1.807, 2.05) is 17.0 Å². The summed E-state index contributed by atoms with van der Waals surface area (Å²) in [4.78, 5) is 25.8. The predicted molar refractivity (Wildman–Crippen MR) is 114 cm³/mol. The number of β-amino-alcohol motifs (C(OH)–C–C–N with tert-alkyl or cyclic N) is 1. The van der Waals surface area contributed by atoms with Crippen LogP contribution < -0.4 is 14.5 Å². The Balaban J connectivity index is 1.53.